The first kappa shape index (κ1) is 19.5. The number of carbonyl (C=O) groups excluding carboxylic acids is 1. The van der Waals surface area contributed by atoms with Crippen molar-refractivity contribution in [2.24, 2.45) is 11.3 Å². The number of rotatable bonds is 2. The summed E-state index contributed by atoms with van der Waals surface area (Å²) < 4.78 is 5.90. The van der Waals surface area contributed by atoms with Crippen LogP contribution < -0.4 is 4.74 Å². The van der Waals surface area contributed by atoms with Crippen LogP contribution in [0.2, 0.25) is 0 Å². The van der Waals surface area contributed by atoms with Crippen LogP contribution in [0.25, 0.3) is 0 Å². The van der Waals surface area contributed by atoms with Gasteiger partial charge in [-0.05, 0) is 32.1 Å². The van der Waals surface area contributed by atoms with E-state index in [0.29, 0.717) is 12.5 Å². The number of aromatic nitrogens is 2. The molecule has 0 spiro atoms. The molecule has 0 fully saturated rings. The maximum absolute atomic E-state index is 12.7. The Balaban J connectivity index is 2.36. The summed E-state index contributed by atoms with van der Waals surface area (Å²) in [6.07, 6.45) is 3.45. The molecular formula is C22H29N3O2. The van der Waals surface area contributed by atoms with Crippen molar-refractivity contribution < 1.29 is 9.53 Å². The lowest BCUT2D eigenvalue weighted by atomic mass is 9.49. The van der Waals surface area contributed by atoms with E-state index in [0.717, 1.165) is 29.9 Å². The zero-order valence-electron chi connectivity index (χ0n) is 17.4. The van der Waals surface area contributed by atoms with Crippen molar-refractivity contribution in [3.63, 3.8) is 0 Å². The molecular weight excluding hydrogens is 338 g/mol. The normalized spacial score (nSPS) is 30.1. The minimum Gasteiger partial charge on any atom is -0.478 e. The van der Waals surface area contributed by atoms with Gasteiger partial charge in [-0.25, -0.2) is 4.98 Å². The third kappa shape index (κ3) is 2.69. The van der Waals surface area contributed by atoms with E-state index in [2.05, 4.69) is 40.7 Å². The molecule has 0 aromatic carbocycles. The van der Waals surface area contributed by atoms with Crippen LogP contribution in [0.4, 0.5) is 0 Å². The van der Waals surface area contributed by atoms with Crippen molar-refractivity contribution in [3.05, 3.63) is 28.7 Å². The van der Waals surface area contributed by atoms with Gasteiger partial charge in [-0.15, -0.1) is 0 Å². The number of hydrogen-bond donors (Lipinski definition) is 0. The van der Waals surface area contributed by atoms with E-state index in [1.165, 1.54) is 0 Å². The molecule has 1 aromatic rings. The summed E-state index contributed by atoms with van der Waals surface area (Å²) in [4.78, 5) is 22.4. The molecule has 0 N–H and O–H groups in total. The van der Waals surface area contributed by atoms with Crippen LogP contribution in [0.1, 0.15) is 72.0 Å². The maximum atomic E-state index is 12.7. The third-order valence-electron chi connectivity index (χ3n) is 6.66. The molecule has 1 heterocycles. The molecule has 144 valence electrons. The lowest BCUT2D eigenvalue weighted by Gasteiger charge is -2.54. The van der Waals surface area contributed by atoms with Gasteiger partial charge >= 0.3 is 0 Å². The molecule has 0 aliphatic heterocycles. The third-order valence-corrected chi connectivity index (χ3v) is 6.66. The minimum atomic E-state index is -0.520. The predicted molar refractivity (Wildman–Crippen MR) is 104 cm³/mol. The Morgan fingerprint density at radius 3 is 2.56 bits per heavy atom. The SMILES string of the molecule is CCOc1nc(C(C)(C)C)nc2c1CC[C@@]1(C)[C@H](C)C(=O)C(C#N)=C[C@]21C. The molecule has 27 heavy (non-hydrogen) atoms. The molecule has 2 aliphatic carbocycles. The molecule has 0 saturated carbocycles. The first-order chi connectivity index (χ1) is 12.5. The van der Waals surface area contributed by atoms with Gasteiger partial charge in [0.1, 0.15) is 11.9 Å². The lowest BCUT2D eigenvalue weighted by Crippen LogP contribution is -2.54. The molecule has 5 heteroatoms. The number of allylic oxidation sites excluding steroid dienone is 2. The van der Waals surface area contributed by atoms with E-state index >= 15 is 0 Å². The Kier molecular flexibility index (Phi) is 4.45. The van der Waals surface area contributed by atoms with Crippen molar-refractivity contribution >= 4 is 5.78 Å². The van der Waals surface area contributed by atoms with Crippen LogP contribution in [0, 0.1) is 22.7 Å². The number of nitriles is 1. The van der Waals surface area contributed by atoms with Crippen LogP contribution in [0.5, 0.6) is 5.88 Å². The number of ketones is 1. The predicted octanol–water partition coefficient (Wildman–Crippen LogP) is 4.05. The highest BCUT2D eigenvalue weighted by molar-refractivity contribution is 6.02. The van der Waals surface area contributed by atoms with E-state index in [9.17, 15) is 10.1 Å². The van der Waals surface area contributed by atoms with E-state index in [1.54, 1.807) is 0 Å². The lowest BCUT2D eigenvalue weighted by molar-refractivity contribution is -0.125. The van der Waals surface area contributed by atoms with Crippen molar-refractivity contribution in [1.29, 1.82) is 5.26 Å². The molecule has 0 radical (unpaired) electrons. The van der Waals surface area contributed by atoms with Crippen molar-refractivity contribution in [3.8, 4) is 11.9 Å². The Morgan fingerprint density at radius 2 is 2.00 bits per heavy atom. The zero-order chi connectivity index (χ0) is 20.2. The van der Waals surface area contributed by atoms with Gasteiger partial charge in [0.2, 0.25) is 5.88 Å². The smallest absolute Gasteiger partial charge is 0.220 e. The second-order valence-electron chi connectivity index (χ2n) is 9.24. The van der Waals surface area contributed by atoms with Gasteiger partial charge in [0.25, 0.3) is 0 Å². The average molecular weight is 367 g/mol. The van der Waals surface area contributed by atoms with E-state index in [1.807, 2.05) is 19.9 Å². The highest BCUT2D eigenvalue weighted by atomic mass is 16.5. The average Bonchev–Trinajstić information content (AvgIpc) is 2.60. The Hall–Kier alpha value is -2.22. The number of Topliss-reactive ketones (excluding diaryl/α,β-unsaturated/α-hetero) is 1. The molecule has 0 bridgehead atoms. The van der Waals surface area contributed by atoms with Crippen molar-refractivity contribution in [2.45, 2.75) is 72.1 Å². The van der Waals surface area contributed by atoms with Crippen LogP contribution >= 0.6 is 0 Å². The van der Waals surface area contributed by atoms with Crippen LogP contribution in [0.3, 0.4) is 0 Å². The second kappa shape index (κ2) is 6.15. The molecule has 3 rings (SSSR count). The molecule has 1 aromatic heterocycles. The van der Waals surface area contributed by atoms with Gasteiger partial charge < -0.3 is 4.74 Å². The summed E-state index contributed by atoms with van der Waals surface area (Å²) in [6.45, 7) is 15.0. The summed E-state index contributed by atoms with van der Waals surface area (Å²) in [5.41, 5.74) is 1.11. The van der Waals surface area contributed by atoms with Gasteiger partial charge in [0.15, 0.2) is 5.78 Å². The molecule has 0 amide bonds. The largest absolute Gasteiger partial charge is 0.478 e. The fourth-order valence-electron chi connectivity index (χ4n) is 4.49. The first-order valence-corrected chi connectivity index (χ1v) is 9.71. The van der Waals surface area contributed by atoms with Gasteiger partial charge in [-0.2, -0.15) is 10.2 Å². The highest BCUT2D eigenvalue weighted by Gasteiger charge is 2.57. The minimum absolute atomic E-state index is 0.0592. The van der Waals surface area contributed by atoms with Crippen LogP contribution in [0.15, 0.2) is 11.6 Å². The summed E-state index contributed by atoms with van der Waals surface area (Å²) >= 11 is 0. The summed E-state index contributed by atoms with van der Waals surface area (Å²) in [5, 5.41) is 9.54. The molecule has 2 aliphatic rings. The fraction of sp³-hybridized carbons (Fsp3) is 0.636. The van der Waals surface area contributed by atoms with Gasteiger partial charge in [0.05, 0.1) is 17.9 Å². The van der Waals surface area contributed by atoms with E-state index in [-0.39, 0.29) is 28.1 Å². The number of nitrogens with zero attached hydrogens (tertiary/aromatic N) is 3. The number of carbonyl (C=O) groups is 1. The van der Waals surface area contributed by atoms with E-state index in [4.69, 9.17) is 14.7 Å². The van der Waals surface area contributed by atoms with Gasteiger partial charge in [-0.3, -0.25) is 4.79 Å². The second-order valence-corrected chi connectivity index (χ2v) is 9.24. The fourth-order valence-corrected chi connectivity index (χ4v) is 4.49. The van der Waals surface area contributed by atoms with Crippen molar-refractivity contribution in [1.82, 2.24) is 9.97 Å². The monoisotopic (exact) mass is 367 g/mol. The highest BCUT2D eigenvalue weighted by Crippen LogP contribution is 2.58. The van der Waals surface area contributed by atoms with Crippen LogP contribution in [-0.2, 0) is 22.0 Å². The molecule has 0 unspecified atom stereocenters. The van der Waals surface area contributed by atoms with Gasteiger partial charge in [-0.1, -0.05) is 40.7 Å². The number of ether oxygens (including phenoxy) is 1. The topological polar surface area (TPSA) is 75.9 Å². The number of hydrogen-bond acceptors (Lipinski definition) is 5. The van der Waals surface area contributed by atoms with Gasteiger partial charge in [0, 0.05) is 22.3 Å². The Bertz CT molecular complexity index is 875. The van der Waals surface area contributed by atoms with Crippen molar-refractivity contribution in [2.75, 3.05) is 6.61 Å². The van der Waals surface area contributed by atoms with E-state index < -0.39 is 5.41 Å². The Morgan fingerprint density at radius 1 is 1.33 bits per heavy atom. The Labute approximate surface area is 161 Å². The first-order valence-electron chi connectivity index (χ1n) is 9.71. The number of fused-ring (bicyclic) bond motifs is 3. The summed E-state index contributed by atoms with van der Waals surface area (Å²) in [5.74, 6) is 1.08. The molecule has 0 saturated heterocycles. The molecule has 3 atom stereocenters. The van der Waals surface area contributed by atoms with Crippen LogP contribution in [-0.4, -0.2) is 22.4 Å². The quantitative estimate of drug-likeness (QED) is 0.788. The summed E-state index contributed by atoms with van der Waals surface area (Å²) in [6, 6.07) is 2.11. The molecule has 5 nitrogen and oxygen atoms in total. The maximum Gasteiger partial charge on any atom is 0.220 e. The zero-order valence-corrected chi connectivity index (χ0v) is 17.4. The standard InChI is InChI=1S/C22H29N3O2/c1-8-27-18-15-9-10-21(6)13(2)16(26)14(12-23)11-22(21,7)17(15)24-19(25-18)20(3,4)5/h11,13H,8-10H2,1-7H3/t13-,21+,22-/m1/s1. The summed E-state index contributed by atoms with van der Waals surface area (Å²) in [7, 11) is 0.